The van der Waals surface area contributed by atoms with Crippen LogP contribution in [0.4, 0.5) is 8.78 Å². The van der Waals surface area contributed by atoms with E-state index in [1.807, 2.05) is 0 Å². The van der Waals surface area contributed by atoms with E-state index in [4.69, 9.17) is 0 Å². The van der Waals surface area contributed by atoms with Crippen LogP contribution in [-0.2, 0) is 38.3 Å². The molecule has 1 saturated heterocycles. The van der Waals surface area contributed by atoms with Crippen LogP contribution in [0.2, 0.25) is 0 Å². The molecule has 1 aliphatic heterocycles. The zero-order valence-corrected chi connectivity index (χ0v) is 14.5. The van der Waals surface area contributed by atoms with Crippen LogP contribution >= 0.6 is 11.8 Å². The van der Waals surface area contributed by atoms with Gasteiger partial charge in [-0.05, 0) is 12.5 Å². The lowest BCUT2D eigenvalue weighted by atomic mass is 10.4. The molecule has 0 spiro atoms. The lowest BCUT2D eigenvalue weighted by molar-refractivity contribution is -0.170. The van der Waals surface area contributed by atoms with Gasteiger partial charge < -0.3 is 4.74 Å². The van der Waals surface area contributed by atoms with Crippen LogP contribution < -0.4 is 0 Å². The fraction of sp³-hybridized carbons (Fsp3) is 0.500. The molecular formula is C12H13F2NO8S2. The Hall–Kier alpha value is -1.86. The summed E-state index contributed by atoms with van der Waals surface area (Å²) in [5, 5.41) is -5.94. The second-order valence-electron chi connectivity index (χ2n) is 4.68. The zero-order chi connectivity index (χ0) is 19.4. The lowest BCUT2D eigenvalue weighted by Gasteiger charge is -2.18. The van der Waals surface area contributed by atoms with E-state index >= 15 is 0 Å². The van der Waals surface area contributed by atoms with Crippen molar-refractivity contribution in [3.63, 3.8) is 0 Å². The topological polar surface area (TPSA) is 124 Å². The first-order valence-electron chi connectivity index (χ1n) is 6.57. The Morgan fingerprint density at radius 3 is 2.28 bits per heavy atom. The number of halogens is 2. The Bertz CT molecular complexity index is 703. The number of carbonyl (C=O) groups is 4. The van der Waals surface area contributed by atoms with Gasteiger partial charge in [-0.2, -0.15) is 17.2 Å². The quantitative estimate of drug-likeness (QED) is 0.245. The molecule has 9 nitrogen and oxygen atoms in total. The number of rotatable bonds is 8. The predicted octanol–water partition coefficient (Wildman–Crippen LogP) is 0.369. The maximum Gasteiger partial charge on any atom is 0.467 e. The number of esters is 1. The Kier molecular flexibility index (Phi) is 6.79. The highest BCUT2D eigenvalue weighted by molar-refractivity contribution is 8.14. The average Bonchev–Trinajstić information content (AvgIpc) is 2.82. The lowest BCUT2D eigenvalue weighted by Crippen LogP contribution is -2.45. The average molecular weight is 401 g/mol. The third-order valence-corrected chi connectivity index (χ3v) is 4.75. The largest absolute Gasteiger partial charge is 0.467 e. The first kappa shape index (κ1) is 21.2. The second kappa shape index (κ2) is 8.01. The van der Waals surface area contributed by atoms with Gasteiger partial charge in [0.2, 0.25) is 5.12 Å². The van der Waals surface area contributed by atoms with E-state index in [9.17, 15) is 36.4 Å². The molecule has 25 heavy (non-hydrogen) atoms. The summed E-state index contributed by atoms with van der Waals surface area (Å²) < 4.78 is 58.2. The number of imide groups is 1. The highest BCUT2D eigenvalue weighted by Gasteiger charge is 2.58. The molecule has 2 amide bonds. The van der Waals surface area contributed by atoms with E-state index in [0.29, 0.717) is 11.8 Å². The molecule has 1 rings (SSSR count). The number of carbonyl (C=O) groups excluding carboxylic acids is 4. The number of nitrogens with zero attached hydrogens (tertiary/aromatic N) is 1. The van der Waals surface area contributed by atoms with Crippen LogP contribution in [0.1, 0.15) is 19.8 Å². The fourth-order valence-corrected chi connectivity index (χ4v) is 2.68. The molecule has 0 unspecified atom stereocenters. The van der Waals surface area contributed by atoms with Crippen LogP contribution in [0.15, 0.2) is 12.2 Å². The first-order chi connectivity index (χ1) is 11.4. The van der Waals surface area contributed by atoms with Crippen molar-refractivity contribution in [1.82, 2.24) is 5.06 Å². The normalized spacial score (nSPS) is 15.4. The molecule has 140 valence electrons. The van der Waals surface area contributed by atoms with Crippen molar-refractivity contribution in [2.45, 2.75) is 25.0 Å². The van der Waals surface area contributed by atoms with Gasteiger partial charge in [-0.25, -0.2) is 4.79 Å². The Morgan fingerprint density at radius 1 is 1.28 bits per heavy atom. The number of alkyl halides is 2. The number of amides is 2. The minimum atomic E-state index is -5.99. The van der Waals surface area contributed by atoms with Crippen molar-refractivity contribution in [3.8, 4) is 0 Å². The number of hydroxylamine groups is 2. The monoisotopic (exact) mass is 401 g/mol. The Morgan fingerprint density at radius 2 is 1.80 bits per heavy atom. The maximum atomic E-state index is 13.7. The van der Waals surface area contributed by atoms with Crippen LogP contribution in [0.3, 0.4) is 0 Å². The van der Waals surface area contributed by atoms with E-state index in [1.165, 1.54) is 6.92 Å². The highest BCUT2D eigenvalue weighted by Crippen LogP contribution is 2.28. The molecule has 0 aromatic heterocycles. The van der Waals surface area contributed by atoms with Gasteiger partial charge in [0, 0.05) is 18.6 Å². The van der Waals surface area contributed by atoms with E-state index in [1.54, 1.807) is 0 Å². The van der Waals surface area contributed by atoms with E-state index in [2.05, 4.69) is 15.6 Å². The van der Waals surface area contributed by atoms with Gasteiger partial charge in [-0.3, -0.25) is 14.4 Å². The first-order valence-corrected chi connectivity index (χ1v) is 8.97. The summed E-state index contributed by atoms with van der Waals surface area (Å²) in [5.41, 5.74) is 0.192. The molecule has 1 fully saturated rings. The van der Waals surface area contributed by atoms with Gasteiger partial charge in [-0.15, -0.1) is 9.35 Å². The van der Waals surface area contributed by atoms with Crippen LogP contribution in [-0.4, -0.2) is 54.0 Å². The molecule has 1 aliphatic rings. The SMILES string of the molecule is C=C(C)C(=O)SCCOC(=O)C(F)(F)S(=O)(=O)ON1C(=O)CCC1=O. The number of hydrogen-bond donors (Lipinski definition) is 0. The summed E-state index contributed by atoms with van der Waals surface area (Å²) in [5.74, 6) is -4.94. The molecule has 0 saturated carbocycles. The molecule has 0 aliphatic carbocycles. The summed E-state index contributed by atoms with van der Waals surface area (Å²) in [4.78, 5) is 44.9. The smallest absolute Gasteiger partial charge is 0.459 e. The third-order valence-electron chi connectivity index (χ3n) is 2.63. The van der Waals surface area contributed by atoms with Crippen molar-refractivity contribution in [3.05, 3.63) is 12.2 Å². The second-order valence-corrected chi connectivity index (χ2v) is 7.32. The Labute approximate surface area is 145 Å². The standard InChI is InChI=1S/C12H13F2NO8S2/c1-7(2)10(18)24-6-5-22-11(19)12(13,14)25(20,21)23-15-8(16)3-4-9(15)17/h1,3-6H2,2H3. The van der Waals surface area contributed by atoms with E-state index < -0.39 is 57.7 Å². The molecule has 13 heteroatoms. The van der Waals surface area contributed by atoms with Crippen LogP contribution in [0, 0.1) is 0 Å². The molecule has 0 atom stereocenters. The third kappa shape index (κ3) is 5.06. The number of hydrogen-bond acceptors (Lipinski definition) is 9. The predicted molar refractivity (Wildman–Crippen MR) is 79.3 cm³/mol. The molecule has 0 radical (unpaired) electrons. The molecule has 1 heterocycles. The summed E-state index contributed by atoms with van der Waals surface area (Å²) in [6.07, 6.45) is -0.809. The van der Waals surface area contributed by atoms with Crippen molar-refractivity contribution in [2.24, 2.45) is 0 Å². The molecule has 0 bridgehead atoms. The summed E-state index contributed by atoms with van der Waals surface area (Å²) in [6, 6.07) is 0. The van der Waals surface area contributed by atoms with Gasteiger partial charge in [0.25, 0.3) is 11.8 Å². The van der Waals surface area contributed by atoms with E-state index in [0.717, 1.165) is 0 Å². The molecular weight excluding hydrogens is 388 g/mol. The van der Waals surface area contributed by atoms with Crippen LogP contribution in [0.25, 0.3) is 0 Å². The minimum Gasteiger partial charge on any atom is -0.459 e. The molecule has 0 aromatic carbocycles. The zero-order valence-electron chi connectivity index (χ0n) is 12.8. The Balaban J connectivity index is 2.66. The number of ether oxygens (including phenoxy) is 1. The van der Waals surface area contributed by atoms with Crippen molar-refractivity contribution >= 4 is 44.8 Å². The molecule has 0 N–H and O–H groups in total. The minimum absolute atomic E-state index is 0.192. The van der Waals surface area contributed by atoms with Gasteiger partial charge in [0.1, 0.15) is 6.61 Å². The summed E-state index contributed by atoms with van der Waals surface area (Å²) in [6.45, 7) is 4.08. The summed E-state index contributed by atoms with van der Waals surface area (Å²) >= 11 is 0.633. The van der Waals surface area contributed by atoms with Gasteiger partial charge in [0.05, 0.1) is 0 Å². The van der Waals surface area contributed by atoms with Crippen molar-refractivity contribution < 1.29 is 45.4 Å². The van der Waals surface area contributed by atoms with E-state index in [-0.39, 0.29) is 16.4 Å². The maximum absolute atomic E-state index is 13.7. The van der Waals surface area contributed by atoms with Gasteiger partial charge in [0.15, 0.2) is 0 Å². The van der Waals surface area contributed by atoms with Crippen molar-refractivity contribution in [2.75, 3.05) is 12.4 Å². The van der Waals surface area contributed by atoms with Crippen molar-refractivity contribution in [1.29, 1.82) is 0 Å². The van der Waals surface area contributed by atoms with Crippen LogP contribution in [0.5, 0.6) is 0 Å². The summed E-state index contributed by atoms with van der Waals surface area (Å²) in [7, 11) is -5.99. The van der Waals surface area contributed by atoms with Gasteiger partial charge >= 0.3 is 21.3 Å². The van der Waals surface area contributed by atoms with Gasteiger partial charge in [-0.1, -0.05) is 18.3 Å². The number of thioether (sulfide) groups is 1. The highest BCUT2D eigenvalue weighted by atomic mass is 32.2. The fourth-order valence-electron chi connectivity index (χ4n) is 1.36. The molecule has 0 aromatic rings.